The van der Waals surface area contributed by atoms with Crippen molar-refractivity contribution in [1.29, 1.82) is 0 Å². The molecule has 2 aromatic carbocycles. The molecule has 4 heteroatoms. The molecule has 0 radical (unpaired) electrons. The minimum absolute atomic E-state index is 0.0813. The second-order valence-electron chi connectivity index (χ2n) is 4.35. The van der Waals surface area contributed by atoms with E-state index in [0.717, 1.165) is 22.2 Å². The maximum Gasteiger partial charge on any atom is 0.167 e. The van der Waals surface area contributed by atoms with Gasteiger partial charge < -0.3 is 0 Å². The molecule has 0 unspecified atom stereocenters. The van der Waals surface area contributed by atoms with Crippen LogP contribution in [0, 0.1) is 18.6 Å². The fourth-order valence-electron chi connectivity index (χ4n) is 1.84. The van der Waals surface area contributed by atoms with E-state index < -0.39 is 11.6 Å². The zero-order valence-electron chi connectivity index (χ0n) is 10.2. The van der Waals surface area contributed by atoms with Gasteiger partial charge in [-0.3, -0.25) is 4.79 Å². The maximum absolute atomic E-state index is 13.5. The third-order valence-corrected chi connectivity index (χ3v) is 3.19. The van der Waals surface area contributed by atoms with Crippen LogP contribution in [0.4, 0.5) is 8.78 Å². The van der Waals surface area contributed by atoms with Gasteiger partial charge in [0.2, 0.25) is 0 Å². The number of carbonyl (C=O) groups is 1. The van der Waals surface area contributed by atoms with Crippen LogP contribution in [0.3, 0.4) is 0 Å². The Bertz CT molecular complexity index is 618. The zero-order valence-corrected chi connectivity index (χ0v) is 11.8. The number of ketones is 1. The van der Waals surface area contributed by atoms with Gasteiger partial charge in [-0.2, -0.15) is 0 Å². The minimum atomic E-state index is -0.694. The lowest BCUT2D eigenvalue weighted by molar-refractivity contribution is 0.0991. The average molecular weight is 325 g/mol. The number of hydrogen-bond donors (Lipinski definition) is 0. The van der Waals surface area contributed by atoms with Crippen LogP contribution >= 0.6 is 15.9 Å². The van der Waals surface area contributed by atoms with Crippen molar-refractivity contribution in [2.24, 2.45) is 0 Å². The summed E-state index contributed by atoms with van der Waals surface area (Å²) in [5.74, 6) is -1.54. The first kappa shape index (κ1) is 13.9. The van der Waals surface area contributed by atoms with E-state index in [4.69, 9.17) is 0 Å². The Morgan fingerprint density at radius 3 is 2.53 bits per heavy atom. The molecule has 0 heterocycles. The van der Waals surface area contributed by atoms with E-state index in [-0.39, 0.29) is 17.8 Å². The van der Waals surface area contributed by atoms with Crippen LogP contribution in [0.25, 0.3) is 0 Å². The predicted molar refractivity (Wildman–Crippen MR) is 73.3 cm³/mol. The lowest BCUT2D eigenvalue weighted by Gasteiger charge is -2.05. The van der Waals surface area contributed by atoms with Gasteiger partial charge in [-0.15, -0.1) is 0 Å². The molecule has 0 aromatic heterocycles. The van der Waals surface area contributed by atoms with Crippen molar-refractivity contribution in [1.82, 2.24) is 0 Å². The molecule has 98 valence electrons. The summed E-state index contributed by atoms with van der Waals surface area (Å²) >= 11 is 3.31. The molecule has 1 nitrogen and oxygen atoms in total. The van der Waals surface area contributed by atoms with Crippen molar-refractivity contribution < 1.29 is 13.6 Å². The molecule has 0 aliphatic heterocycles. The van der Waals surface area contributed by atoms with Crippen LogP contribution in [0.5, 0.6) is 0 Å². The van der Waals surface area contributed by atoms with Gasteiger partial charge in [-0.1, -0.05) is 22.0 Å². The number of benzene rings is 2. The Balaban J connectivity index is 2.25. The summed E-state index contributed by atoms with van der Waals surface area (Å²) in [7, 11) is 0. The topological polar surface area (TPSA) is 17.1 Å². The normalized spacial score (nSPS) is 10.5. The van der Waals surface area contributed by atoms with E-state index in [9.17, 15) is 13.6 Å². The smallest absolute Gasteiger partial charge is 0.167 e. The van der Waals surface area contributed by atoms with Gasteiger partial charge in [0.05, 0.1) is 0 Å². The van der Waals surface area contributed by atoms with E-state index in [1.54, 1.807) is 12.1 Å². The monoisotopic (exact) mass is 324 g/mol. The molecule has 0 bridgehead atoms. The maximum atomic E-state index is 13.5. The molecule has 0 saturated carbocycles. The Morgan fingerprint density at radius 2 is 1.89 bits per heavy atom. The fraction of sp³-hybridized carbons (Fsp3) is 0.133. The molecule has 0 aliphatic rings. The van der Waals surface area contributed by atoms with Gasteiger partial charge in [0.25, 0.3) is 0 Å². The number of carbonyl (C=O) groups excluding carboxylic acids is 1. The average Bonchev–Trinajstić information content (AvgIpc) is 2.31. The molecule has 2 aromatic rings. The van der Waals surface area contributed by atoms with Crippen LogP contribution in [0.15, 0.2) is 40.9 Å². The summed E-state index contributed by atoms with van der Waals surface area (Å²) in [6, 6.07) is 8.56. The first-order chi connectivity index (χ1) is 8.95. The Morgan fingerprint density at radius 1 is 1.16 bits per heavy atom. The Labute approximate surface area is 118 Å². The highest BCUT2D eigenvalue weighted by Crippen LogP contribution is 2.18. The highest BCUT2D eigenvalue weighted by Gasteiger charge is 2.12. The van der Waals surface area contributed by atoms with E-state index in [2.05, 4.69) is 15.9 Å². The third kappa shape index (κ3) is 3.47. The Hall–Kier alpha value is -1.55. The van der Waals surface area contributed by atoms with Crippen LogP contribution in [0.2, 0.25) is 0 Å². The van der Waals surface area contributed by atoms with Gasteiger partial charge in [0.1, 0.15) is 11.6 Å². The molecule has 0 aliphatic carbocycles. The zero-order chi connectivity index (χ0) is 14.0. The van der Waals surface area contributed by atoms with Crippen molar-refractivity contribution in [3.8, 4) is 0 Å². The molecule has 0 spiro atoms. The van der Waals surface area contributed by atoms with Gasteiger partial charge in [-0.25, -0.2) is 8.78 Å². The van der Waals surface area contributed by atoms with Crippen LogP contribution in [-0.4, -0.2) is 5.78 Å². The standard InChI is InChI=1S/C15H11BrF2O/c1-9-4-11(6-12(16)5-9)15(19)7-10-2-3-13(17)8-14(10)18/h2-6,8H,7H2,1H3. The molecular weight excluding hydrogens is 314 g/mol. The van der Waals surface area contributed by atoms with E-state index in [1.807, 2.05) is 13.0 Å². The SMILES string of the molecule is Cc1cc(Br)cc(C(=O)Cc2ccc(F)cc2F)c1. The lowest BCUT2D eigenvalue weighted by atomic mass is 10.0. The van der Waals surface area contributed by atoms with Gasteiger partial charge in [0, 0.05) is 22.5 Å². The van der Waals surface area contributed by atoms with Crippen molar-refractivity contribution in [2.75, 3.05) is 0 Å². The second kappa shape index (κ2) is 5.61. The highest BCUT2D eigenvalue weighted by atomic mass is 79.9. The number of rotatable bonds is 3. The second-order valence-corrected chi connectivity index (χ2v) is 5.27. The molecule has 0 saturated heterocycles. The van der Waals surface area contributed by atoms with Crippen LogP contribution < -0.4 is 0 Å². The number of aryl methyl sites for hydroxylation is 1. The van der Waals surface area contributed by atoms with Crippen molar-refractivity contribution >= 4 is 21.7 Å². The summed E-state index contributed by atoms with van der Waals surface area (Å²) in [4.78, 5) is 12.1. The van der Waals surface area contributed by atoms with E-state index >= 15 is 0 Å². The lowest BCUT2D eigenvalue weighted by Crippen LogP contribution is -2.06. The van der Waals surface area contributed by atoms with Gasteiger partial charge >= 0.3 is 0 Å². The van der Waals surface area contributed by atoms with Crippen molar-refractivity contribution in [3.63, 3.8) is 0 Å². The summed E-state index contributed by atoms with van der Waals surface area (Å²) < 4.78 is 27.1. The summed E-state index contributed by atoms with van der Waals surface area (Å²) in [5, 5.41) is 0. The minimum Gasteiger partial charge on any atom is -0.294 e. The van der Waals surface area contributed by atoms with E-state index in [1.165, 1.54) is 6.07 Å². The fourth-order valence-corrected chi connectivity index (χ4v) is 2.45. The molecule has 0 N–H and O–H groups in total. The van der Waals surface area contributed by atoms with Crippen LogP contribution in [-0.2, 0) is 6.42 Å². The highest BCUT2D eigenvalue weighted by molar-refractivity contribution is 9.10. The van der Waals surface area contributed by atoms with Crippen LogP contribution in [0.1, 0.15) is 21.5 Å². The number of hydrogen-bond acceptors (Lipinski definition) is 1. The van der Waals surface area contributed by atoms with Gasteiger partial charge in [0.15, 0.2) is 5.78 Å². The molecule has 19 heavy (non-hydrogen) atoms. The first-order valence-corrected chi connectivity index (χ1v) is 6.49. The van der Waals surface area contributed by atoms with E-state index in [0.29, 0.717) is 5.56 Å². The molecule has 0 atom stereocenters. The van der Waals surface area contributed by atoms with Gasteiger partial charge in [-0.05, 0) is 42.3 Å². The first-order valence-electron chi connectivity index (χ1n) is 5.70. The number of halogens is 3. The molecule has 2 rings (SSSR count). The number of Topliss-reactive ketones (excluding diaryl/α,β-unsaturated/α-hetero) is 1. The third-order valence-electron chi connectivity index (χ3n) is 2.73. The Kier molecular flexibility index (Phi) is 4.10. The van der Waals surface area contributed by atoms with Crippen molar-refractivity contribution in [2.45, 2.75) is 13.3 Å². The summed E-state index contributed by atoms with van der Waals surface area (Å²) in [6.07, 6.45) is -0.0813. The molecule has 0 fully saturated rings. The quantitative estimate of drug-likeness (QED) is 0.762. The summed E-state index contributed by atoms with van der Waals surface area (Å²) in [6.45, 7) is 1.88. The predicted octanol–water partition coefficient (Wildman–Crippen LogP) is 4.46. The summed E-state index contributed by atoms with van der Waals surface area (Å²) in [5.41, 5.74) is 1.65. The largest absolute Gasteiger partial charge is 0.294 e. The molecule has 0 amide bonds. The van der Waals surface area contributed by atoms with Crippen molar-refractivity contribution in [3.05, 3.63) is 69.2 Å². The molecular formula is C15H11BrF2O.